The number of benzene rings is 1. The van der Waals surface area contributed by atoms with E-state index in [1.54, 1.807) is 18.2 Å². The Kier molecular flexibility index (Phi) is 2.03. The summed E-state index contributed by atoms with van der Waals surface area (Å²) in [5, 5.41) is 4.29. The molecule has 13 heavy (non-hydrogen) atoms. The fourth-order valence-electron chi connectivity index (χ4n) is 1.17. The van der Waals surface area contributed by atoms with Crippen LogP contribution < -0.4 is 0 Å². The fraction of sp³-hybridized carbons (Fsp3) is 0.125. The van der Waals surface area contributed by atoms with E-state index < -0.39 is 6.55 Å². The molecule has 0 amide bonds. The molecule has 0 fully saturated rings. The van der Waals surface area contributed by atoms with Gasteiger partial charge in [0.1, 0.15) is 0 Å². The quantitative estimate of drug-likeness (QED) is 0.756. The van der Waals surface area contributed by atoms with Crippen LogP contribution in [0.5, 0.6) is 0 Å². The van der Waals surface area contributed by atoms with E-state index in [1.807, 2.05) is 0 Å². The molecule has 2 aromatic rings. The Morgan fingerprint density at radius 3 is 2.85 bits per heavy atom. The van der Waals surface area contributed by atoms with Crippen molar-refractivity contribution in [3.8, 4) is 0 Å². The lowest BCUT2D eigenvalue weighted by Crippen LogP contribution is -1.98. The molecule has 0 aliphatic rings. The third kappa shape index (κ3) is 1.44. The molecular weight excluding hydrogens is 242 g/mol. The molecule has 0 atom stereocenters. The molecular formula is C8H5BrF2N2. The van der Waals surface area contributed by atoms with E-state index in [9.17, 15) is 8.78 Å². The first kappa shape index (κ1) is 8.62. The number of nitrogens with zero attached hydrogens (tertiary/aromatic N) is 2. The topological polar surface area (TPSA) is 17.8 Å². The van der Waals surface area contributed by atoms with E-state index in [2.05, 4.69) is 21.0 Å². The maximum absolute atomic E-state index is 12.3. The number of hydrogen-bond acceptors (Lipinski definition) is 1. The molecule has 2 nitrogen and oxygen atoms in total. The molecule has 0 aliphatic carbocycles. The van der Waals surface area contributed by atoms with Crippen LogP contribution in [0.25, 0.3) is 10.9 Å². The number of rotatable bonds is 1. The van der Waals surface area contributed by atoms with E-state index >= 15 is 0 Å². The molecule has 68 valence electrons. The molecule has 5 heteroatoms. The molecule has 1 heterocycles. The Morgan fingerprint density at radius 2 is 2.15 bits per heavy atom. The van der Waals surface area contributed by atoms with Gasteiger partial charge >= 0.3 is 6.55 Å². The van der Waals surface area contributed by atoms with Crippen molar-refractivity contribution in [2.45, 2.75) is 6.55 Å². The lowest BCUT2D eigenvalue weighted by molar-refractivity contribution is 0.0615. The first-order valence-electron chi connectivity index (χ1n) is 3.59. The zero-order valence-electron chi connectivity index (χ0n) is 6.42. The van der Waals surface area contributed by atoms with Gasteiger partial charge in [-0.3, -0.25) is 0 Å². The number of fused-ring (bicyclic) bond motifs is 1. The van der Waals surface area contributed by atoms with Gasteiger partial charge in [-0.25, -0.2) is 4.68 Å². The summed E-state index contributed by atoms with van der Waals surface area (Å²) in [6, 6.07) is 5.15. The van der Waals surface area contributed by atoms with Gasteiger partial charge in [-0.15, -0.1) is 0 Å². The summed E-state index contributed by atoms with van der Waals surface area (Å²) in [6.45, 7) is -2.59. The van der Waals surface area contributed by atoms with Crippen LogP contribution in [-0.2, 0) is 0 Å². The number of hydrogen-bond donors (Lipinski definition) is 0. The monoisotopic (exact) mass is 246 g/mol. The van der Waals surface area contributed by atoms with E-state index in [0.717, 1.165) is 4.47 Å². The standard InChI is InChI=1S/C8H5BrF2N2/c9-6-2-1-5-4-12-13(8(10)11)7(5)3-6/h1-4,8H. The van der Waals surface area contributed by atoms with E-state index in [4.69, 9.17) is 0 Å². The number of alkyl halides is 2. The lowest BCUT2D eigenvalue weighted by atomic mass is 10.3. The van der Waals surface area contributed by atoms with Gasteiger partial charge in [-0.2, -0.15) is 13.9 Å². The number of aromatic nitrogens is 2. The Morgan fingerprint density at radius 1 is 1.38 bits per heavy atom. The predicted molar refractivity (Wildman–Crippen MR) is 48.7 cm³/mol. The van der Waals surface area contributed by atoms with E-state index in [-0.39, 0.29) is 0 Å². The average molecular weight is 247 g/mol. The van der Waals surface area contributed by atoms with Crippen molar-refractivity contribution in [1.29, 1.82) is 0 Å². The van der Waals surface area contributed by atoms with Crippen molar-refractivity contribution in [2.75, 3.05) is 0 Å². The van der Waals surface area contributed by atoms with Crippen molar-refractivity contribution in [3.05, 3.63) is 28.9 Å². The van der Waals surface area contributed by atoms with Crippen LogP contribution in [0, 0.1) is 0 Å². The van der Waals surface area contributed by atoms with Crippen LogP contribution in [0.4, 0.5) is 8.78 Å². The first-order valence-corrected chi connectivity index (χ1v) is 4.39. The van der Waals surface area contributed by atoms with Crippen molar-refractivity contribution in [3.63, 3.8) is 0 Å². The van der Waals surface area contributed by atoms with Crippen LogP contribution >= 0.6 is 15.9 Å². The summed E-state index contributed by atoms with van der Waals surface area (Å²) >= 11 is 3.21. The Bertz CT molecular complexity index is 439. The van der Waals surface area contributed by atoms with Crippen molar-refractivity contribution in [1.82, 2.24) is 9.78 Å². The van der Waals surface area contributed by atoms with Gasteiger partial charge in [0.25, 0.3) is 0 Å². The molecule has 0 radical (unpaired) electrons. The van der Waals surface area contributed by atoms with Crippen LogP contribution in [0.1, 0.15) is 6.55 Å². The van der Waals surface area contributed by atoms with E-state index in [1.165, 1.54) is 6.20 Å². The highest BCUT2D eigenvalue weighted by molar-refractivity contribution is 9.10. The second kappa shape index (κ2) is 3.06. The summed E-state index contributed by atoms with van der Waals surface area (Å²) in [4.78, 5) is 0. The van der Waals surface area contributed by atoms with Gasteiger partial charge in [-0.05, 0) is 12.1 Å². The van der Waals surface area contributed by atoms with Crippen LogP contribution in [0.2, 0.25) is 0 Å². The normalized spacial score (nSPS) is 11.4. The van der Waals surface area contributed by atoms with Gasteiger partial charge in [0.15, 0.2) is 0 Å². The van der Waals surface area contributed by atoms with Crippen molar-refractivity contribution in [2.24, 2.45) is 0 Å². The van der Waals surface area contributed by atoms with Crippen LogP contribution in [-0.4, -0.2) is 9.78 Å². The van der Waals surface area contributed by atoms with E-state index in [0.29, 0.717) is 15.6 Å². The molecule has 1 aromatic heterocycles. The minimum absolute atomic E-state index is 0.435. The van der Waals surface area contributed by atoms with Crippen LogP contribution in [0.15, 0.2) is 28.9 Å². The molecule has 0 saturated carbocycles. The number of halogens is 3. The summed E-state index contributed by atoms with van der Waals surface area (Å²) in [5.74, 6) is 0. The van der Waals surface area contributed by atoms with Crippen molar-refractivity contribution < 1.29 is 8.78 Å². The molecule has 1 aromatic carbocycles. The van der Waals surface area contributed by atoms with Gasteiger partial charge in [0.05, 0.1) is 11.7 Å². The highest BCUT2D eigenvalue weighted by Crippen LogP contribution is 2.22. The molecule has 0 saturated heterocycles. The summed E-state index contributed by atoms with van der Waals surface area (Å²) < 4.78 is 26.2. The van der Waals surface area contributed by atoms with Crippen molar-refractivity contribution >= 4 is 26.8 Å². The third-order valence-corrected chi connectivity index (χ3v) is 2.24. The van der Waals surface area contributed by atoms with Crippen LogP contribution in [0.3, 0.4) is 0 Å². The van der Waals surface area contributed by atoms with Gasteiger partial charge in [0, 0.05) is 9.86 Å². The molecule has 0 aliphatic heterocycles. The SMILES string of the molecule is FC(F)n1ncc2ccc(Br)cc21. The second-order valence-corrected chi connectivity index (χ2v) is 3.49. The van der Waals surface area contributed by atoms with Gasteiger partial charge < -0.3 is 0 Å². The maximum Gasteiger partial charge on any atom is 0.333 e. The Balaban J connectivity index is 2.71. The zero-order chi connectivity index (χ0) is 9.42. The fourth-order valence-corrected chi connectivity index (χ4v) is 1.52. The first-order chi connectivity index (χ1) is 6.18. The minimum atomic E-state index is -2.59. The third-order valence-electron chi connectivity index (χ3n) is 1.75. The highest BCUT2D eigenvalue weighted by Gasteiger charge is 2.10. The molecule has 2 rings (SSSR count). The van der Waals surface area contributed by atoms with Gasteiger partial charge in [0.2, 0.25) is 0 Å². The average Bonchev–Trinajstić information content (AvgIpc) is 2.46. The van der Waals surface area contributed by atoms with Gasteiger partial charge in [-0.1, -0.05) is 22.0 Å². The zero-order valence-corrected chi connectivity index (χ0v) is 8.00. The minimum Gasteiger partial charge on any atom is -0.204 e. The molecule has 0 N–H and O–H groups in total. The largest absolute Gasteiger partial charge is 0.333 e. The molecule has 0 bridgehead atoms. The highest BCUT2D eigenvalue weighted by atomic mass is 79.9. The second-order valence-electron chi connectivity index (χ2n) is 2.57. The molecule has 0 spiro atoms. The lowest BCUT2D eigenvalue weighted by Gasteiger charge is -2.00. The Labute approximate surface area is 81.3 Å². The summed E-state index contributed by atoms with van der Waals surface area (Å²) in [7, 11) is 0. The summed E-state index contributed by atoms with van der Waals surface area (Å²) in [6.07, 6.45) is 1.42. The maximum atomic E-state index is 12.3. The smallest absolute Gasteiger partial charge is 0.204 e. The molecule has 0 unspecified atom stereocenters. The predicted octanol–water partition coefficient (Wildman–Crippen LogP) is 3.19. The Hall–Kier alpha value is -0.970. The summed E-state index contributed by atoms with van der Waals surface area (Å²) in [5.41, 5.74) is 0.435.